The van der Waals surface area contributed by atoms with Crippen LogP contribution in [0.25, 0.3) is 0 Å². The van der Waals surface area contributed by atoms with Crippen molar-refractivity contribution >= 4 is 17.8 Å². The molecule has 31 heavy (non-hydrogen) atoms. The average Bonchev–Trinajstić information content (AvgIpc) is 3.26. The van der Waals surface area contributed by atoms with Crippen molar-refractivity contribution in [3.63, 3.8) is 0 Å². The molecule has 0 radical (unpaired) electrons. The number of aromatic amines is 1. The van der Waals surface area contributed by atoms with Gasteiger partial charge in [-0.1, -0.05) is 0 Å². The highest BCUT2D eigenvalue weighted by molar-refractivity contribution is 5.91. The van der Waals surface area contributed by atoms with E-state index in [-0.39, 0.29) is 36.3 Å². The van der Waals surface area contributed by atoms with Gasteiger partial charge in [-0.05, 0) is 50.8 Å². The Hall–Kier alpha value is -3.01. The number of aliphatic hydroxyl groups is 1. The quantitative estimate of drug-likeness (QED) is 0.531. The third-order valence-corrected chi connectivity index (χ3v) is 5.24. The smallest absolute Gasteiger partial charge is 0.407 e. The highest BCUT2D eigenvalue weighted by Gasteiger charge is 2.35. The molecule has 2 atom stereocenters. The molecule has 1 aromatic heterocycles. The fraction of sp³-hybridized carbons (Fsp3) is 0.476. The molecule has 1 fully saturated rings. The number of carbonyl (C=O) groups is 2. The molecule has 0 spiro atoms. The fourth-order valence-corrected chi connectivity index (χ4v) is 3.99. The number of nitrogens with zero attached hydrogens (tertiary/aromatic N) is 2. The van der Waals surface area contributed by atoms with Crippen LogP contribution in [0.1, 0.15) is 50.3 Å². The van der Waals surface area contributed by atoms with E-state index in [9.17, 15) is 28.6 Å². The molecule has 3 rings (SSSR count). The maximum atomic E-state index is 13.3. The molecule has 0 bridgehead atoms. The predicted molar refractivity (Wildman–Crippen MR) is 109 cm³/mol. The number of H-pyrrole nitrogens is 1. The van der Waals surface area contributed by atoms with Crippen molar-refractivity contribution in [1.29, 1.82) is 0 Å². The molecule has 0 saturated heterocycles. The molecule has 0 aliphatic heterocycles. The topological polar surface area (TPSA) is 119 Å². The lowest BCUT2D eigenvalue weighted by molar-refractivity contribution is -0.115. The number of carbonyl (C=O) groups excluding carboxylic acids is 1. The monoisotopic (exact) mass is 436 g/mol. The lowest BCUT2D eigenvalue weighted by atomic mass is 10.0. The first-order chi connectivity index (χ1) is 14.5. The largest absolute Gasteiger partial charge is 0.465 e. The summed E-state index contributed by atoms with van der Waals surface area (Å²) in [6.07, 6.45) is 0.684. The van der Waals surface area contributed by atoms with Crippen molar-refractivity contribution < 1.29 is 28.6 Å². The number of nitrogens with one attached hydrogen (secondary N) is 2. The van der Waals surface area contributed by atoms with E-state index in [0.29, 0.717) is 12.8 Å². The third kappa shape index (κ3) is 6.24. The van der Waals surface area contributed by atoms with E-state index in [1.165, 1.54) is 4.90 Å². The predicted octanol–water partition coefficient (Wildman–Crippen LogP) is 3.26. The van der Waals surface area contributed by atoms with Gasteiger partial charge in [-0.15, -0.1) is 0 Å². The van der Waals surface area contributed by atoms with Crippen molar-refractivity contribution in [2.24, 2.45) is 0 Å². The van der Waals surface area contributed by atoms with E-state index >= 15 is 0 Å². The Morgan fingerprint density at radius 1 is 1.23 bits per heavy atom. The summed E-state index contributed by atoms with van der Waals surface area (Å²) in [5.41, 5.74) is -0.153. The molecule has 1 aliphatic rings. The van der Waals surface area contributed by atoms with Gasteiger partial charge >= 0.3 is 6.09 Å². The number of rotatable bonds is 7. The van der Waals surface area contributed by atoms with Gasteiger partial charge in [0.05, 0.1) is 18.6 Å². The number of hydrogen-bond acceptors (Lipinski definition) is 4. The van der Waals surface area contributed by atoms with Gasteiger partial charge in [0.2, 0.25) is 5.91 Å². The SMILES string of the molecule is CC(C)(O)CN(C(=O)O)[C@@H]1CC[C@H](c2cc(NC(=O)Cc3cc(F)cc(F)c3)n[nH]2)C1. The zero-order valence-electron chi connectivity index (χ0n) is 17.4. The maximum absolute atomic E-state index is 13.3. The number of carboxylic acid groups (broad SMARTS) is 1. The molecule has 8 nitrogen and oxygen atoms in total. The zero-order chi connectivity index (χ0) is 22.8. The Bertz CT molecular complexity index is 937. The van der Waals surface area contributed by atoms with Crippen molar-refractivity contribution in [1.82, 2.24) is 15.1 Å². The summed E-state index contributed by atoms with van der Waals surface area (Å²) in [5, 5.41) is 29.0. The van der Waals surface area contributed by atoms with Crippen LogP contribution in [0, 0.1) is 11.6 Å². The number of aromatic nitrogens is 2. The highest BCUT2D eigenvalue weighted by atomic mass is 19.1. The van der Waals surface area contributed by atoms with Crippen molar-refractivity contribution in [3.8, 4) is 0 Å². The molecule has 1 aromatic carbocycles. The Balaban J connectivity index is 1.59. The van der Waals surface area contributed by atoms with Crippen LogP contribution < -0.4 is 5.32 Å². The minimum Gasteiger partial charge on any atom is -0.465 e. The van der Waals surface area contributed by atoms with Crippen LogP contribution in [0.2, 0.25) is 0 Å². The first kappa shape index (κ1) is 22.7. The second-order valence-electron chi connectivity index (χ2n) is 8.60. The second kappa shape index (κ2) is 9.01. The number of amides is 2. The standard InChI is InChI=1S/C21H26F2N4O4/c1-21(2,31)11-27(20(29)30)16-4-3-13(8-16)17-10-18(26-25-17)24-19(28)7-12-5-14(22)9-15(23)6-12/h5-6,9-10,13,16,31H,3-4,7-8,11H2,1-2H3,(H,29,30)(H2,24,25,26,28)/t13-,16+/m0/s1. The van der Waals surface area contributed by atoms with E-state index in [4.69, 9.17) is 0 Å². The summed E-state index contributed by atoms with van der Waals surface area (Å²) in [5.74, 6) is -1.65. The minimum absolute atomic E-state index is 0.0185. The molecule has 4 N–H and O–H groups in total. The molecular weight excluding hydrogens is 410 g/mol. The van der Waals surface area contributed by atoms with E-state index in [2.05, 4.69) is 15.5 Å². The Kier molecular flexibility index (Phi) is 6.59. The number of benzene rings is 1. The molecule has 1 aliphatic carbocycles. The van der Waals surface area contributed by atoms with Gasteiger partial charge in [0.1, 0.15) is 11.6 Å². The highest BCUT2D eigenvalue weighted by Crippen LogP contribution is 2.37. The summed E-state index contributed by atoms with van der Waals surface area (Å²) in [6, 6.07) is 4.39. The lowest BCUT2D eigenvalue weighted by Gasteiger charge is -2.31. The van der Waals surface area contributed by atoms with Gasteiger partial charge < -0.3 is 20.4 Å². The van der Waals surface area contributed by atoms with Crippen LogP contribution in [0.4, 0.5) is 19.4 Å². The molecule has 1 heterocycles. The molecule has 1 saturated carbocycles. The van der Waals surface area contributed by atoms with E-state index in [1.54, 1.807) is 19.9 Å². The molecule has 2 amide bonds. The summed E-state index contributed by atoms with van der Waals surface area (Å²) < 4.78 is 26.5. The number of hydrogen-bond donors (Lipinski definition) is 4. The van der Waals surface area contributed by atoms with Crippen LogP contribution in [0.15, 0.2) is 24.3 Å². The van der Waals surface area contributed by atoms with Gasteiger partial charge in [-0.25, -0.2) is 13.6 Å². The van der Waals surface area contributed by atoms with Crippen LogP contribution in [0.3, 0.4) is 0 Å². The fourth-order valence-electron chi connectivity index (χ4n) is 3.99. The minimum atomic E-state index is -1.13. The van der Waals surface area contributed by atoms with Crippen LogP contribution >= 0.6 is 0 Å². The summed E-state index contributed by atoms with van der Waals surface area (Å²) in [4.78, 5) is 25.1. The van der Waals surface area contributed by atoms with Crippen LogP contribution in [-0.4, -0.2) is 55.5 Å². The second-order valence-corrected chi connectivity index (χ2v) is 8.60. The van der Waals surface area contributed by atoms with Gasteiger partial charge in [0, 0.05) is 29.8 Å². The van der Waals surface area contributed by atoms with Crippen molar-refractivity contribution in [2.45, 2.75) is 57.1 Å². The van der Waals surface area contributed by atoms with E-state index < -0.39 is 29.2 Å². The molecule has 0 unspecified atom stereocenters. The van der Waals surface area contributed by atoms with E-state index in [1.807, 2.05) is 0 Å². The third-order valence-electron chi connectivity index (χ3n) is 5.24. The Morgan fingerprint density at radius 2 is 1.90 bits per heavy atom. The average molecular weight is 436 g/mol. The van der Waals surface area contributed by atoms with Gasteiger partial charge in [-0.3, -0.25) is 9.89 Å². The van der Waals surface area contributed by atoms with E-state index in [0.717, 1.165) is 30.3 Å². The molecular formula is C21H26F2N4O4. The Morgan fingerprint density at radius 3 is 2.52 bits per heavy atom. The molecule has 10 heteroatoms. The maximum Gasteiger partial charge on any atom is 0.407 e. The van der Waals surface area contributed by atoms with Crippen molar-refractivity contribution in [3.05, 3.63) is 47.2 Å². The summed E-state index contributed by atoms with van der Waals surface area (Å²) in [6.45, 7) is 3.15. The normalized spacial score (nSPS) is 18.7. The van der Waals surface area contributed by atoms with Gasteiger partial charge in [-0.2, -0.15) is 5.10 Å². The Labute approximate surface area is 178 Å². The van der Waals surface area contributed by atoms with Crippen LogP contribution in [0.5, 0.6) is 0 Å². The summed E-state index contributed by atoms with van der Waals surface area (Å²) in [7, 11) is 0. The van der Waals surface area contributed by atoms with Crippen LogP contribution in [-0.2, 0) is 11.2 Å². The molecule has 2 aromatic rings. The first-order valence-corrected chi connectivity index (χ1v) is 10.0. The number of anilines is 1. The van der Waals surface area contributed by atoms with Crippen molar-refractivity contribution in [2.75, 3.05) is 11.9 Å². The van der Waals surface area contributed by atoms with Gasteiger partial charge in [0.25, 0.3) is 0 Å². The summed E-state index contributed by atoms with van der Waals surface area (Å²) >= 11 is 0. The van der Waals surface area contributed by atoms with Gasteiger partial charge in [0.15, 0.2) is 5.82 Å². The zero-order valence-corrected chi connectivity index (χ0v) is 17.4. The lowest BCUT2D eigenvalue weighted by Crippen LogP contribution is -2.46. The first-order valence-electron chi connectivity index (χ1n) is 10.0. The number of halogens is 2. The molecule has 168 valence electrons.